The largest absolute Gasteiger partial charge is 0.480 e. The predicted molar refractivity (Wildman–Crippen MR) is 52.9 cm³/mol. The molecule has 81 valence electrons. The Morgan fingerprint density at radius 1 is 1.36 bits per heavy atom. The third-order valence-corrected chi connectivity index (χ3v) is 1.91. The summed E-state index contributed by atoms with van der Waals surface area (Å²) in [6.07, 6.45) is 2.04. The van der Waals surface area contributed by atoms with Crippen LogP contribution in [0.5, 0.6) is 0 Å². The van der Waals surface area contributed by atoms with Crippen LogP contribution >= 0.6 is 0 Å². The van der Waals surface area contributed by atoms with Crippen LogP contribution in [0.1, 0.15) is 40.0 Å². The van der Waals surface area contributed by atoms with E-state index in [-0.39, 0.29) is 11.8 Å². The molecule has 0 spiro atoms. The molecular formula is C10H18NO3. The Morgan fingerprint density at radius 3 is 2.29 bits per heavy atom. The van der Waals surface area contributed by atoms with Gasteiger partial charge in [-0.25, -0.2) is 10.1 Å². The highest BCUT2D eigenvalue weighted by Gasteiger charge is 2.24. The van der Waals surface area contributed by atoms with Crippen molar-refractivity contribution >= 4 is 11.9 Å². The molecule has 1 amide bonds. The van der Waals surface area contributed by atoms with Gasteiger partial charge in [0.25, 0.3) is 0 Å². The molecule has 0 aromatic rings. The summed E-state index contributed by atoms with van der Waals surface area (Å²) in [5, 5.41) is 12.4. The number of carboxylic acid groups (broad SMARTS) is 1. The molecule has 0 aliphatic carbocycles. The van der Waals surface area contributed by atoms with Crippen LogP contribution in [0.4, 0.5) is 0 Å². The first-order valence-corrected chi connectivity index (χ1v) is 4.95. The minimum Gasteiger partial charge on any atom is -0.480 e. The van der Waals surface area contributed by atoms with Gasteiger partial charge < -0.3 is 5.11 Å². The second-order valence-electron chi connectivity index (χ2n) is 3.65. The molecule has 4 heteroatoms. The minimum atomic E-state index is -1.02. The second-order valence-corrected chi connectivity index (χ2v) is 3.65. The second kappa shape index (κ2) is 6.40. The minimum absolute atomic E-state index is 0.141. The number of hydrogen-bond donors (Lipinski definition) is 1. The SMILES string of the molecule is CCCCC(=O)[N]C(C(=O)O)C(C)C. The topological polar surface area (TPSA) is 68.5 Å². The third kappa shape index (κ3) is 4.84. The van der Waals surface area contributed by atoms with E-state index in [0.29, 0.717) is 6.42 Å². The van der Waals surface area contributed by atoms with Gasteiger partial charge in [0.1, 0.15) is 0 Å². The van der Waals surface area contributed by atoms with E-state index < -0.39 is 12.0 Å². The first-order chi connectivity index (χ1) is 6.49. The van der Waals surface area contributed by atoms with E-state index in [9.17, 15) is 9.59 Å². The molecular weight excluding hydrogens is 182 g/mol. The maximum absolute atomic E-state index is 11.2. The molecule has 0 aromatic heterocycles. The Labute approximate surface area is 84.7 Å². The Bertz CT molecular complexity index is 202. The lowest BCUT2D eigenvalue weighted by Gasteiger charge is -2.14. The quantitative estimate of drug-likeness (QED) is 0.705. The van der Waals surface area contributed by atoms with E-state index in [1.807, 2.05) is 6.92 Å². The van der Waals surface area contributed by atoms with Crippen molar-refractivity contribution in [3.05, 3.63) is 0 Å². The van der Waals surface area contributed by atoms with Crippen LogP contribution in [-0.2, 0) is 9.59 Å². The lowest BCUT2D eigenvalue weighted by atomic mass is 10.0. The van der Waals surface area contributed by atoms with E-state index >= 15 is 0 Å². The number of carbonyl (C=O) groups excluding carboxylic acids is 1. The number of carboxylic acids is 1. The van der Waals surface area contributed by atoms with Crippen molar-refractivity contribution in [1.29, 1.82) is 0 Å². The number of aliphatic carboxylic acids is 1. The van der Waals surface area contributed by atoms with E-state index in [2.05, 4.69) is 5.32 Å². The molecule has 1 radical (unpaired) electrons. The van der Waals surface area contributed by atoms with Crippen molar-refractivity contribution in [3.8, 4) is 0 Å². The summed E-state index contributed by atoms with van der Waals surface area (Å²) in [5.74, 6) is -1.46. The molecule has 0 aliphatic heterocycles. The van der Waals surface area contributed by atoms with Crippen molar-refractivity contribution < 1.29 is 14.7 Å². The van der Waals surface area contributed by atoms with Crippen LogP contribution in [0, 0.1) is 5.92 Å². The molecule has 4 nitrogen and oxygen atoms in total. The normalized spacial score (nSPS) is 12.6. The van der Waals surface area contributed by atoms with E-state index in [1.54, 1.807) is 13.8 Å². The van der Waals surface area contributed by atoms with Crippen LogP contribution in [-0.4, -0.2) is 23.0 Å². The molecule has 0 heterocycles. The molecule has 14 heavy (non-hydrogen) atoms. The molecule has 0 aromatic carbocycles. The van der Waals surface area contributed by atoms with Crippen LogP contribution in [0.2, 0.25) is 0 Å². The van der Waals surface area contributed by atoms with Gasteiger partial charge >= 0.3 is 5.97 Å². The first kappa shape index (κ1) is 12.9. The summed E-state index contributed by atoms with van der Waals surface area (Å²) in [5.41, 5.74) is 0. The highest BCUT2D eigenvalue weighted by atomic mass is 16.4. The Morgan fingerprint density at radius 2 is 1.93 bits per heavy atom. The summed E-state index contributed by atoms with van der Waals surface area (Å²) in [4.78, 5) is 21.9. The van der Waals surface area contributed by atoms with Crippen molar-refractivity contribution in [2.75, 3.05) is 0 Å². The summed E-state index contributed by atoms with van der Waals surface area (Å²) < 4.78 is 0. The maximum atomic E-state index is 11.2. The molecule has 1 atom stereocenters. The Kier molecular flexibility index (Phi) is 5.92. The maximum Gasteiger partial charge on any atom is 0.328 e. The summed E-state index contributed by atoms with van der Waals surface area (Å²) in [6.45, 7) is 5.47. The van der Waals surface area contributed by atoms with Gasteiger partial charge in [-0.3, -0.25) is 4.79 Å². The third-order valence-electron chi connectivity index (χ3n) is 1.91. The van der Waals surface area contributed by atoms with Crippen molar-refractivity contribution in [2.24, 2.45) is 5.92 Å². The number of amides is 1. The molecule has 0 aliphatic rings. The molecule has 0 bridgehead atoms. The van der Waals surface area contributed by atoms with Gasteiger partial charge in [-0.05, 0) is 12.3 Å². The van der Waals surface area contributed by atoms with Crippen LogP contribution in [0.15, 0.2) is 0 Å². The van der Waals surface area contributed by atoms with E-state index in [1.165, 1.54) is 0 Å². The highest BCUT2D eigenvalue weighted by molar-refractivity contribution is 5.83. The van der Waals surface area contributed by atoms with Gasteiger partial charge in [0.05, 0.1) is 0 Å². The van der Waals surface area contributed by atoms with Crippen molar-refractivity contribution in [3.63, 3.8) is 0 Å². The summed E-state index contributed by atoms with van der Waals surface area (Å²) in [7, 11) is 0. The zero-order chi connectivity index (χ0) is 11.1. The molecule has 0 fully saturated rings. The van der Waals surface area contributed by atoms with Crippen molar-refractivity contribution in [1.82, 2.24) is 5.32 Å². The fourth-order valence-electron chi connectivity index (χ4n) is 1.04. The van der Waals surface area contributed by atoms with Gasteiger partial charge in [-0.2, -0.15) is 0 Å². The zero-order valence-corrected chi connectivity index (χ0v) is 8.99. The van der Waals surface area contributed by atoms with Crippen molar-refractivity contribution in [2.45, 2.75) is 46.1 Å². The van der Waals surface area contributed by atoms with Gasteiger partial charge in [0, 0.05) is 6.42 Å². The predicted octanol–water partition coefficient (Wildman–Crippen LogP) is 1.42. The van der Waals surface area contributed by atoms with Crippen LogP contribution in [0.3, 0.4) is 0 Å². The summed E-state index contributed by atoms with van der Waals surface area (Å²) in [6, 6.07) is -0.889. The number of carbonyl (C=O) groups is 2. The lowest BCUT2D eigenvalue weighted by Crippen LogP contribution is -2.38. The number of unbranched alkanes of at least 4 members (excludes halogenated alkanes) is 1. The van der Waals surface area contributed by atoms with Gasteiger partial charge in [-0.1, -0.05) is 27.2 Å². The Hall–Kier alpha value is -1.06. The smallest absolute Gasteiger partial charge is 0.328 e. The lowest BCUT2D eigenvalue weighted by molar-refractivity contribution is -0.143. The van der Waals surface area contributed by atoms with Gasteiger partial charge in [0.2, 0.25) is 5.91 Å². The van der Waals surface area contributed by atoms with Crippen LogP contribution < -0.4 is 5.32 Å². The molecule has 1 N–H and O–H groups in total. The number of hydrogen-bond acceptors (Lipinski definition) is 2. The Balaban J connectivity index is 4.04. The van der Waals surface area contributed by atoms with Gasteiger partial charge in [0.15, 0.2) is 6.04 Å². The van der Waals surface area contributed by atoms with Gasteiger partial charge in [-0.15, -0.1) is 0 Å². The molecule has 1 unspecified atom stereocenters. The molecule has 0 rings (SSSR count). The first-order valence-electron chi connectivity index (χ1n) is 4.95. The van der Waals surface area contributed by atoms with Crippen LogP contribution in [0.25, 0.3) is 0 Å². The number of rotatable bonds is 6. The standard InChI is InChI=1S/C10H18NO3/c1-4-5-6-8(12)11-9(7(2)3)10(13)14/h7,9H,4-6H2,1-3H3,(H,13,14). The fraction of sp³-hybridized carbons (Fsp3) is 0.800. The van der Waals surface area contributed by atoms with E-state index in [4.69, 9.17) is 5.11 Å². The average molecular weight is 200 g/mol. The monoisotopic (exact) mass is 200 g/mol. The summed E-state index contributed by atoms with van der Waals surface area (Å²) >= 11 is 0. The highest BCUT2D eigenvalue weighted by Crippen LogP contribution is 2.04. The number of nitrogens with zero attached hydrogens (tertiary/aromatic N) is 1. The molecule has 0 saturated heterocycles. The van der Waals surface area contributed by atoms with E-state index in [0.717, 1.165) is 12.8 Å². The fourth-order valence-corrected chi connectivity index (χ4v) is 1.04. The average Bonchev–Trinajstić information content (AvgIpc) is 2.09. The molecule has 0 saturated carbocycles. The zero-order valence-electron chi connectivity index (χ0n) is 8.99.